The fraction of sp³-hybridized carbons (Fsp3) is 0.667. The summed E-state index contributed by atoms with van der Waals surface area (Å²) in [5.41, 5.74) is 0. The van der Waals surface area contributed by atoms with Gasteiger partial charge in [-0.15, -0.1) is 0 Å². The van der Waals surface area contributed by atoms with E-state index in [2.05, 4.69) is 34.0 Å². The molecule has 94 valence electrons. The minimum Gasteiger partial charge on any atom is -0.337 e. The Morgan fingerprint density at radius 1 is 1.47 bits per heavy atom. The smallest absolute Gasteiger partial charge is 0.225 e. The quantitative estimate of drug-likeness (QED) is 0.894. The Balaban J connectivity index is 2.08. The molecule has 2 rings (SSSR count). The summed E-state index contributed by atoms with van der Waals surface area (Å²) in [5.74, 6) is 0.762. The van der Waals surface area contributed by atoms with Gasteiger partial charge in [0.15, 0.2) is 0 Å². The Morgan fingerprint density at radius 2 is 2.18 bits per heavy atom. The molecule has 17 heavy (non-hydrogen) atoms. The molecule has 1 atom stereocenters. The molecule has 1 aliphatic rings. The van der Waals surface area contributed by atoms with Gasteiger partial charge in [-0.25, -0.2) is 9.97 Å². The molecule has 0 spiro atoms. The zero-order chi connectivity index (χ0) is 12.3. The van der Waals surface area contributed by atoms with Crippen LogP contribution in [0, 0.1) is 0 Å². The van der Waals surface area contributed by atoms with Crippen molar-refractivity contribution in [2.24, 2.45) is 0 Å². The Morgan fingerprint density at radius 3 is 2.71 bits per heavy atom. The molecular formula is C12H19ClN4. The van der Waals surface area contributed by atoms with Crippen LogP contribution < -0.4 is 10.2 Å². The first kappa shape index (κ1) is 12.6. The molecule has 4 nitrogen and oxygen atoms in total. The first-order valence-corrected chi connectivity index (χ1v) is 6.52. The van der Waals surface area contributed by atoms with Crippen molar-refractivity contribution >= 4 is 17.5 Å². The predicted octanol–water partition coefficient (Wildman–Crippen LogP) is 2.10. The third kappa shape index (κ3) is 3.30. The molecule has 0 radical (unpaired) electrons. The molecule has 1 aliphatic heterocycles. The van der Waals surface area contributed by atoms with Crippen molar-refractivity contribution in [1.82, 2.24) is 15.3 Å². The number of halogens is 1. The van der Waals surface area contributed by atoms with E-state index < -0.39 is 0 Å². The summed E-state index contributed by atoms with van der Waals surface area (Å²) in [4.78, 5) is 10.8. The number of rotatable bonds is 4. The second-order valence-corrected chi connectivity index (χ2v) is 5.18. The van der Waals surface area contributed by atoms with Gasteiger partial charge in [0.1, 0.15) is 0 Å². The summed E-state index contributed by atoms with van der Waals surface area (Å²) < 4.78 is 0. The molecule has 1 N–H and O–H groups in total. The summed E-state index contributed by atoms with van der Waals surface area (Å²) in [6.07, 6.45) is 5.80. The van der Waals surface area contributed by atoms with E-state index in [0.717, 1.165) is 19.0 Å². The molecule has 2 heterocycles. The minimum absolute atomic E-state index is 0.388. The largest absolute Gasteiger partial charge is 0.337 e. The van der Waals surface area contributed by atoms with Gasteiger partial charge in [-0.3, -0.25) is 0 Å². The lowest BCUT2D eigenvalue weighted by Crippen LogP contribution is -2.42. The van der Waals surface area contributed by atoms with Crippen molar-refractivity contribution in [3.05, 3.63) is 17.4 Å². The predicted molar refractivity (Wildman–Crippen MR) is 70.5 cm³/mol. The summed E-state index contributed by atoms with van der Waals surface area (Å²) in [6, 6.07) is 0.940. The maximum Gasteiger partial charge on any atom is 0.225 e. The van der Waals surface area contributed by atoms with Crippen LogP contribution in [0.15, 0.2) is 12.4 Å². The lowest BCUT2D eigenvalue weighted by atomic mass is 10.2. The van der Waals surface area contributed by atoms with Crippen LogP contribution >= 0.6 is 11.6 Å². The van der Waals surface area contributed by atoms with Crippen molar-refractivity contribution in [3.63, 3.8) is 0 Å². The summed E-state index contributed by atoms with van der Waals surface area (Å²) in [6.45, 7) is 6.40. The minimum atomic E-state index is 0.388. The van der Waals surface area contributed by atoms with Gasteiger partial charge < -0.3 is 10.2 Å². The van der Waals surface area contributed by atoms with E-state index in [9.17, 15) is 0 Å². The molecule has 0 saturated carbocycles. The number of hydrogen-bond donors (Lipinski definition) is 1. The molecular weight excluding hydrogens is 236 g/mol. The van der Waals surface area contributed by atoms with Crippen LogP contribution in [0.4, 0.5) is 5.95 Å². The summed E-state index contributed by atoms with van der Waals surface area (Å²) in [7, 11) is 0. The second kappa shape index (κ2) is 5.65. The Bertz CT molecular complexity index is 346. The van der Waals surface area contributed by atoms with Gasteiger partial charge in [0.25, 0.3) is 0 Å². The SMILES string of the molecule is CC(C)N(CC1CCCN1)c1ncc(Cl)cn1. The van der Waals surface area contributed by atoms with Gasteiger partial charge in [-0.1, -0.05) is 11.6 Å². The zero-order valence-corrected chi connectivity index (χ0v) is 11.1. The van der Waals surface area contributed by atoms with Gasteiger partial charge in [0, 0.05) is 18.6 Å². The Labute approximate surface area is 107 Å². The molecule has 1 aromatic rings. The second-order valence-electron chi connectivity index (χ2n) is 4.74. The Kier molecular flexibility index (Phi) is 4.18. The van der Waals surface area contributed by atoms with E-state index in [-0.39, 0.29) is 0 Å². The van der Waals surface area contributed by atoms with Gasteiger partial charge in [-0.2, -0.15) is 0 Å². The molecule has 1 saturated heterocycles. The Hall–Kier alpha value is -0.870. The molecule has 1 fully saturated rings. The topological polar surface area (TPSA) is 41.0 Å². The van der Waals surface area contributed by atoms with Gasteiger partial charge in [-0.05, 0) is 33.2 Å². The first-order chi connectivity index (χ1) is 8.16. The highest BCUT2D eigenvalue weighted by Crippen LogP contribution is 2.16. The van der Waals surface area contributed by atoms with Crippen LogP contribution in [0.3, 0.4) is 0 Å². The number of hydrogen-bond acceptors (Lipinski definition) is 4. The van der Waals surface area contributed by atoms with Crippen LogP contribution in [0.2, 0.25) is 5.02 Å². The summed E-state index contributed by atoms with van der Waals surface area (Å²) >= 11 is 5.81. The standard InChI is InChI=1S/C12H19ClN4/c1-9(2)17(8-11-4-3-5-14-11)12-15-6-10(13)7-16-12/h6-7,9,11,14H,3-5,8H2,1-2H3. The highest BCUT2D eigenvalue weighted by molar-refractivity contribution is 6.30. The van der Waals surface area contributed by atoms with Gasteiger partial charge >= 0.3 is 0 Å². The van der Waals surface area contributed by atoms with Crippen molar-refractivity contribution in [2.75, 3.05) is 18.0 Å². The fourth-order valence-electron chi connectivity index (χ4n) is 2.13. The molecule has 5 heteroatoms. The molecule has 0 aromatic carbocycles. The van der Waals surface area contributed by atoms with E-state index in [1.807, 2.05) is 0 Å². The third-order valence-corrected chi connectivity index (χ3v) is 3.26. The average Bonchev–Trinajstić information content (AvgIpc) is 2.80. The monoisotopic (exact) mass is 254 g/mol. The van der Waals surface area contributed by atoms with E-state index >= 15 is 0 Å². The molecule has 0 bridgehead atoms. The third-order valence-electron chi connectivity index (χ3n) is 3.07. The number of aromatic nitrogens is 2. The average molecular weight is 255 g/mol. The van der Waals surface area contributed by atoms with Crippen molar-refractivity contribution in [2.45, 2.75) is 38.8 Å². The van der Waals surface area contributed by atoms with Crippen LogP contribution in [0.25, 0.3) is 0 Å². The molecule has 0 amide bonds. The van der Waals surface area contributed by atoms with Gasteiger partial charge in [0.05, 0.1) is 17.4 Å². The number of anilines is 1. The van der Waals surface area contributed by atoms with E-state index in [1.165, 1.54) is 12.8 Å². The molecule has 1 aromatic heterocycles. The highest BCUT2D eigenvalue weighted by atomic mass is 35.5. The zero-order valence-electron chi connectivity index (χ0n) is 10.4. The highest BCUT2D eigenvalue weighted by Gasteiger charge is 2.21. The lowest BCUT2D eigenvalue weighted by Gasteiger charge is -2.29. The van der Waals surface area contributed by atoms with Crippen LogP contribution in [-0.4, -0.2) is 35.1 Å². The maximum atomic E-state index is 5.81. The molecule has 1 unspecified atom stereocenters. The lowest BCUT2D eigenvalue weighted by molar-refractivity contribution is 0.544. The van der Waals surface area contributed by atoms with E-state index in [4.69, 9.17) is 11.6 Å². The van der Waals surface area contributed by atoms with Gasteiger partial charge in [0.2, 0.25) is 5.95 Å². The fourth-order valence-corrected chi connectivity index (χ4v) is 2.22. The maximum absolute atomic E-state index is 5.81. The normalized spacial score (nSPS) is 19.9. The van der Waals surface area contributed by atoms with E-state index in [1.54, 1.807) is 12.4 Å². The first-order valence-electron chi connectivity index (χ1n) is 6.14. The van der Waals surface area contributed by atoms with Crippen LogP contribution in [0.1, 0.15) is 26.7 Å². The molecule has 0 aliphatic carbocycles. The van der Waals surface area contributed by atoms with E-state index in [0.29, 0.717) is 17.1 Å². The van der Waals surface area contributed by atoms with Crippen molar-refractivity contribution in [1.29, 1.82) is 0 Å². The number of nitrogens with zero attached hydrogens (tertiary/aromatic N) is 3. The van der Waals surface area contributed by atoms with Crippen LogP contribution in [0.5, 0.6) is 0 Å². The van der Waals surface area contributed by atoms with Crippen LogP contribution in [-0.2, 0) is 0 Å². The number of nitrogens with one attached hydrogen (secondary N) is 1. The van der Waals surface area contributed by atoms with Crippen molar-refractivity contribution in [3.8, 4) is 0 Å². The summed E-state index contributed by atoms with van der Waals surface area (Å²) in [5, 5.41) is 4.08. The van der Waals surface area contributed by atoms with Crippen molar-refractivity contribution < 1.29 is 0 Å².